The number of carbonyl (C=O) groups is 1. The molecule has 0 saturated heterocycles. The average Bonchev–Trinajstić information content (AvgIpc) is 2.18. The number of hydrogen-bond acceptors (Lipinski definition) is 2. The first-order chi connectivity index (χ1) is 7.40. The summed E-state index contributed by atoms with van der Waals surface area (Å²) in [6.45, 7) is 1.74. The highest BCUT2D eigenvalue weighted by Gasteiger charge is 2.30. The monoisotopic (exact) mass is 232 g/mol. The number of halogens is 3. The maximum atomic E-state index is 11.8. The fraction of sp³-hybridized carbons (Fsp3) is 0.364. The summed E-state index contributed by atoms with van der Waals surface area (Å²) in [5.41, 5.74) is 0.800. The molecule has 1 aromatic rings. The minimum absolute atomic E-state index is 0.144. The van der Waals surface area contributed by atoms with E-state index in [4.69, 9.17) is 0 Å². The van der Waals surface area contributed by atoms with E-state index in [-0.39, 0.29) is 11.7 Å². The summed E-state index contributed by atoms with van der Waals surface area (Å²) in [6.07, 6.45) is -3.35. The van der Waals surface area contributed by atoms with Gasteiger partial charge in [-0.05, 0) is 24.1 Å². The number of hydrogen-bond donors (Lipinski definition) is 0. The number of alkyl halides is 3. The molecule has 0 aliphatic rings. The van der Waals surface area contributed by atoms with Gasteiger partial charge in [0.1, 0.15) is 12.0 Å². The third kappa shape index (κ3) is 4.33. The van der Waals surface area contributed by atoms with Gasteiger partial charge in [0.05, 0.1) is 0 Å². The van der Waals surface area contributed by atoms with Crippen LogP contribution in [0.2, 0.25) is 0 Å². The molecule has 0 bridgehead atoms. The van der Waals surface area contributed by atoms with Crippen LogP contribution in [0.1, 0.15) is 12.5 Å². The van der Waals surface area contributed by atoms with Crippen LogP contribution in [0.3, 0.4) is 0 Å². The van der Waals surface area contributed by atoms with Crippen molar-refractivity contribution >= 4 is 6.29 Å². The van der Waals surface area contributed by atoms with Crippen molar-refractivity contribution in [2.24, 2.45) is 5.92 Å². The maximum Gasteiger partial charge on any atom is 0.573 e. The SMILES string of the molecule is CC(C=O)Cc1ccc(OC(F)(F)F)cc1. The third-order valence-electron chi connectivity index (χ3n) is 1.95. The second kappa shape index (κ2) is 5.01. The van der Waals surface area contributed by atoms with Crippen molar-refractivity contribution in [3.8, 4) is 5.75 Å². The van der Waals surface area contributed by atoms with E-state index in [9.17, 15) is 18.0 Å². The zero-order valence-electron chi connectivity index (χ0n) is 8.62. The van der Waals surface area contributed by atoms with Gasteiger partial charge in [0.2, 0.25) is 0 Å². The predicted octanol–water partition coefficient (Wildman–Crippen LogP) is 2.96. The molecule has 1 atom stereocenters. The summed E-state index contributed by atoms with van der Waals surface area (Å²) in [5.74, 6) is -0.399. The van der Waals surface area contributed by atoms with Gasteiger partial charge in [-0.25, -0.2) is 0 Å². The number of benzene rings is 1. The summed E-state index contributed by atoms with van der Waals surface area (Å²) in [6, 6.07) is 5.50. The predicted molar refractivity (Wildman–Crippen MR) is 52.1 cm³/mol. The van der Waals surface area contributed by atoms with Crippen LogP contribution in [-0.2, 0) is 11.2 Å². The van der Waals surface area contributed by atoms with E-state index in [0.717, 1.165) is 11.8 Å². The quantitative estimate of drug-likeness (QED) is 0.746. The molecule has 88 valence electrons. The van der Waals surface area contributed by atoms with Gasteiger partial charge < -0.3 is 9.53 Å². The Labute approximate surface area is 91.0 Å². The molecule has 0 saturated carbocycles. The normalized spacial score (nSPS) is 13.2. The molecule has 1 rings (SSSR count). The molecule has 0 spiro atoms. The number of carbonyl (C=O) groups excluding carboxylic acids is 1. The summed E-state index contributed by atoms with van der Waals surface area (Å²) in [5, 5.41) is 0. The molecule has 0 aliphatic carbocycles. The van der Waals surface area contributed by atoms with Crippen LogP contribution in [-0.4, -0.2) is 12.6 Å². The largest absolute Gasteiger partial charge is 0.573 e. The van der Waals surface area contributed by atoms with Gasteiger partial charge in [0.15, 0.2) is 0 Å². The van der Waals surface area contributed by atoms with Gasteiger partial charge in [0, 0.05) is 5.92 Å². The third-order valence-corrected chi connectivity index (χ3v) is 1.95. The zero-order valence-corrected chi connectivity index (χ0v) is 8.62. The summed E-state index contributed by atoms with van der Waals surface area (Å²) in [7, 11) is 0. The number of rotatable bonds is 4. The lowest BCUT2D eigenvalue weighted by molar-refractivity contribution is -0.274. The first-order valence-corrected chi connectivity index (χ1v) is 4.70. The second-order valence-electron chi connectivity index (χ2n) is 3.51. The Morgan fingerprint density at radius 2 is 1.88 bits per heavy atom. The van der Waals surface area contributed by atoms with Crippen molar-refractivity contribution in [1.29, 1.82) is 0 Å². The zero-order chi connectivity index (χ0) is 12.2. The van der Waals surface area contributed by atoms with E-state index in [1.807, 2.05) is 0 Å². The van der Waals surface area contributed by atoms with E-state index in [2.05, 4.69) is 4.74 Å². The Hall–Kier alpha value is -1.52. The van der Waals surface area contributed by atoms with Crippen molar-refractivity contribution < 1.29 is 22.7 Å². The van der Waals surface area contributed by atoms with Crippen LogP contribution in [0, 0.1) is 5.92 Å². The Kier molecular flexibility index (Phi) is 3.93. The summed E-state index contributed by atoms with van der Waals surface area (Å²) in [4.78, 5) is 10.4. The van der Waals surface area contributed by atoms with Crippen molar-refractivity contribution in [2.45, 2.75) is 19.7 Å². The highest BCUT2D eigenvalue weighted by Crippen LogP contribution is 2.23. The van der Waals surface area contributed by atoms with Crippen LogP contribution < -0.4 is 4.74 Å². The van der Waals surface area contributed by atoms with E-state index in [1.165, 1.54) is 24.3 Å². The second-order valence-corrected chi connectivity index (χ2v) is 3.51. The molecule has 1 unspecified atom stereocenters. The molecular formula is C11H11F3O2. The topological polar surface area (TPSA) is 26.3 Å². The first-order valence-electron chi connectivity index (χ1n) is 4.70. The molecule has 0 amide bonds. The highest BCUT2D eigenvalue weighted by molar-refractivity contribution is 5.53. The van der Waals surface area contributed by atoms with Crippen LogP contribution in [0.5, 0.6) is 5.75 Å². The van der Waals surface area contributed by atoms with E-state index in [0.29, 0.717) is 6.42 Å². The van der Waals surface area contributed by atoms with Gasteiger partial charge in [-0.1, -0.05) is 19.1 Å². The Balaban J connectivity index is 2.64. The molecule has 1 aromatic carbocycles. The van der Waals surface area contributed by atoms with E-state index < -0.39 is 6.36 Å². The van der Waals surface area contributed by atoms with Crippen molar-refractivity contribution in [3.05, 3.63) is 29.8 Å². The lowest BCUT2D eigenvalue weighted by atomic mass is 10.0. The molecule has 5 heteroatoms. The van der Waals surface area contributed by atoms with Crippen LogP contribution in [0.15, 0.2) is 24.3 Å². The molecule has 0 aliphatic heterocycles. The van der Waals surface area contributed by atoms with Gasteiger partial charge in [0.25, 0.3) is 0 Å². The Morgan fingerprint density at radius 3 is 2.31 bits per heavy atom. The fourth-order valence-electron chi connectivity index (χ4n) is 1.25. The summed E-state index contributed by atoms with van der Waals surface area (Å²) >= 11 is 0. The molecule has 0 N–H and O–H groups in total. The fourth-order valence-corrected chi connectivity index (χ4v) is 1.25. The summed E-state index contributed by atoms with van der Waals surface area (Å²) < 4.78 is 39.2. The van der Waals surface area contributed by atoms with Gasteiger partial charge in [-0.2, -0.15) is 0 Å². The number of aldehydes is 1. The molecule has 2 nitrogen and oxygen atoms in total. The van der Waals surface area contributed by atoms with Crippen molar-refractivity contribution in [1.82, 2.24) is 0 Å². The lowest BCUT2D eigenvalue weighted by Gasteiger charge is -2.09. The standard InChI is InChI=1S/C11H11F3O2/c1-8(7-15)6-9-2-4-10(5-3-9)16-11(12,13)14/h2-5,7-8H,6H2,1H3. The minimum Gasteiger partial charge on any atom is -0.406 e. The Morgan fingerprint density at radius 1 is 1.31 bits per heavy atom. The molecule has 0 heterocycles. The molecular weight excluding hydrogens is 221 g/mol. The molecule has 0 radical (unpaired) electrons. The maximum absolute atomic E-state index is 11.8. The van der Waals surface area contributed by atoms with Gasteiger partial charge in [-0.3, -0.25) is 0 Å². The highest BCUT2D eigenvalue weighted by atomic mass is 19.4. The number of ether oxygens (including phenoxy) is 1. The molecule has 0 fully saturated rings. The molecule has 16 heavy (non-hydrogen) atoms. The van der Waals surface area contributed by atoms with Crippen LogP contribution >= 0.6 is 0 Å². The van der Waals surface area contributed by atoms with E-state index >= 15 is 0 Å². The molecule has 0 aromatic heterocycles. The minimum atomic E-state index is -4.67. The van der Waals surface area contributed by atoms with Gasteiger partial charge in [-0.15, -0.1) is 13.2 Å². The van der Waals surface area contributed by atoms with E-state index in [1.54, 1.807) is 6.92 Å². The van der Waals surface area contributed by atoms with Gasteiger partial charge >= 0.3 is 6.36 Å². The van der Waals surface area contributed by atoms with Crippen molar-refractivity contribution in [2.75, 3.05) is 0 Å². The van der Waals surface area contributed by atoms with Crippen molar-refractivity contribution in [3.63, 3.8) is 0 Å². The first kappa shape index (κ1) is 12.5. The average molecular weight is 232 g/mol. The van der Waals surface area contributed by atoms with Crippen LogP contribution in [0.4, 0.5) is 13.2 Å². The smallest absolute Gasteiger partial charge is 0.406 e. The lowest BCUT2D eigenvalue weighted by Crippen LogP contribution is -2.17. The Bertz CT molecular complexity index is 343. The van der Waals surface area contributed by atoms with Crippen LogP contribution in [0.25, 0.3) is 0 Å².